The lowest BCUT2D eigenvalue weighted by atomic mass is 9.86. The van der Waals surface area contributed by atoms with E-state index in [1.807, 2.05) is 39.8 Å². The number of Topliss-reactive ketones (excluding diaryl/α,β-unsaturated/α-hetero) is 1. The van der Waals surface area contributed by atoms with Crippen LogP contribution in [0, 0.1) is 12.3 Å². The summed E-state index contributed by atoms with van der Waals surface area (Å²) in [5.41, 5.74) is 9.90. The molecule has 1 aromatic heterocycles. The fourth-order valence-corrected chi connectivity index (χ4v) is 4.63. The Hall–Kier alpha value is -2.29. The Morgan fingerprint density at radius 2 is 2.06 bits per heavy atom. The minimum Gasteiger partial charge on any atom is -0.508 e. The van der Waals surface area contributed by atoms with Crippen LogP contribution in [0.3, 0.4) is 0 Å². The molecular formula is C23H31N3O4S. The van der Waals surface area contributed by atoms with Crippen molar-refractivity contribution in [3.8, 4) is 16.2 Å². The highest BCUT2D eigenvalue weighted by molar-refractivity contribution is 7.13. The van der Waals surface area contributed by atoms with Crippen LogP contribution in [-0.2, 0) is 16.0 Å². The van der Waals surface area contributed by atoms with Crippen molar-refractivity contribution in [2.45, 2.75) is 65.1 Å². The maximum Gasteiger partial charge on any atom is 0.240 e. The fourth-order valence-electron chi connectivity index (χ4n) is 3.83. The molecule has 1 aliphatic rings. The van der Waals surface area contributed by atoms with Gasteiger partial charge in [-0.15, -0.1) is 11.3 Å². The van der Waals surface area contributed by atoms with Crippen LogP contribution in [0.4, 0.5) is 0 Å². The molecule has 7 nitrogen and oxygen atoms in total. The molecule has 0 saturated carbocycles. The number of likely N-dealkylation sites (tertiary alicyclic amines) is 1. The zero-order valence-corrected chi connectivity index (χ0v) is 19.3. The summed E-state index contributed by atoms with van der Waals surface area (Å²) in [6.07, 6.45) is 0.00235. The highest BCUT2D eigenvalue weighted by Gasteiger charge is 2.42. The van der Waals surface area contributed by atoms with E-state index < -0.39 is 23.6 Å². The second kappa shape index (κ2) is 9.06. The summed E-state index contributed by atoms with van der Waals surface area (Å²) in [6.45, 7) is 7.66. The van der Waals surface area contributed by atoms with Crippen molar-refractivity contribution in [3.05, 3.63) is 35.0 Å². The number of hydrogen-bond donors (Lipinski definition) is 3. The lowest BCUT2D eigenvalue weighted by molar-refractivity contribution is -0.140. The maximum absolute atomic E-state index is 12.9. The van der Waals surface area contributed by atoms with Gasteiger partial charge < -0.3 is 20.8 Å². The van der Waals surface area contributed by atoms with Gasteiger partial charge in [0.25, 0.3) is 0 Å². The predicted octanol–water partition coefficient (Wildman–Crippen LogP) is 2.66. The van der Waals surface area contributed by atoms with Crippen molar-refractivity contribution in [1.29, 1.82) is 0 Å². The Balaban J connectivity index is 1.68. The van der Waals surface area contributed by atoms with Gasteiger partial charge in [0.2, 0.25) is 5.91 Å². The van der Waals surface area contributed by atoms with E-state index in [2.05, 4.69) is 4.98 Å². The Morgan fingerprint density at radius 1 is 1.35 bits per heavy atom. The van der Waals surface area contributed by atoms with E-state index in [1.165, 1.54) is 16.2 Å². The first-order valence-electron chi connectivity index (χ1n) is 10.5. The first-order chi connectivity index (χ1) is 14.5. The summed E-state index contributed by atoms with van der Waals surface area (Å²) in [6, 6.07) is 3.99. The summed E-state index contributed by atoms with van der Waals surface area (Å²) in [5, 5.41) is 20.5. The van der Waals surface area contributed by atoms with E-state index in [9.17, 15) is 19.8 Å². The molecule has 168 valence electrons. The van der Waals surface area contributed by atoms with Gasteiger partial charge in [0.05, 0.1) is 34.3 Å². The number of aromatic nitrogens is 1. The molecule has 1 aliphatic heterocycles. The van der Waals surface area contributed by atoms with Crippen LogP contribution in [0.15, 0.2) is 23.7 Å². The van der Waals surface area contributed by atoms with Gasteiger partial charge in [-0.05, 0) is 36.0 Å². The molecule has 31 heavy (non-hydrogen) atoms. The summed E-state index contributed by atoms with van der Waals surface area (Å²) in [4.78, 5) is 32.4. The molecule has 1 aromatic carbocycles. The first kappa shape index (κ1) is 23.4. The molecule has 0 radical (unpaired) electrons. The van der Waals surface area contributed by atoms with Crippen LogP contribution in [-0.4, -0.2) is 56.5 Å². The third kappa shape index (κ3) is 5.14. The number of phenols is 1. The van der Waals surface area contributed by atoms with E-state index in [0.29, 0.717) is 12.0 Å². The van der Waals surface area contributed by atoms with Crippen LogP contribution >= 0.6 is 11.3 Å². The molecule has 1 amide bonds. The average Bonchev–Trinajstić information content (AvgIpc) is 3.30. The smallest absolute Gasteiger partial charge is 0.240 e. The monoisotopic (exact) mass is 445 g/mol. The third-order valence-electron chi connectivity index (χ3n) is 5.87. The number of aliphatic hydroxyl groups excluding tert-OH is 1. The average molecular weight is 446 g/mol. The number of thiazole rings is 1. The number of carbonyl (C=O) groups excluding carboxylic acids is 2. The molecule has 1 fully saturated rings. The van der Waals surface area contributed by atoms with Gasteiger partial charge in [0.15, 0.2) is 5.78 Å². The second-order valence-corrected chi connectivity index (χ2v) is 10.2. The Labute approximate surface area is 186 Å². The predicted molar refractivity (Wildman–Crippen MR) is 121 cm³/mol. The van der Waals surface area contributed by atoms with Crippen LogP contribution in [0.5, 0.6) is 5.75 Å². The lowest BCUT2D eigenvalue weighted by Crippen LogP contribution is -2.53. The molecule has 2 aromatic rings. The molecule has 4 N–H and O–H groups in total. The maximum atomic E-state index is 12.9. The number of hydrogen-bond acceptors (Lipinski definition) is 7. The number of nitrogens with zero attached hydrogens (tertiary/aromatic N) is 2. The number of phenolic OH excluding ortho intramolecular Hbond substituents is 1. The summed E-state index contributed by atoms with van der Waals surface area (Å²) in [5.74, 6) is -0.311. The Bertz CT molecular complexity index is 966. The van der Waals surface area contributed by atoms with Crippen molar-refractivity contribution in [2.24, 2.45) is 11.1 Å². The summed E-state index contributed by atoms with van der Waals surface area (Å²) < 4.78 is 0. The molecule has 2 heterocycles. The lowest BCUT2D eigenvalue weighted by Gasteiger charge is -2.32. The minimum atomic E-state index is -0.750. The van der Waals surface area contributed by atoms with Gasteiger partial charge in [-0.3, -0.25) is 9.59 Å². The summed E-state index contributed by atoms with van der Waals surface area (Å²) >= 11 is 1.51. The zero-order chi connectivity index (χ0) is 22.9. The number of aromatic hydroxyl groups is 1. The SMILES string of the molecule is Cc1ncsc1-c1ccc(CCC(=O)C2C[C@@H](O)CN2C(=O)[C@@H](N)C(C)(C)C)c(O)c1. The van der Waals surface area contributed by atoms with Gasteiger partial charge in [-0.2, -0.15) is 0 Å². The number of aryl methyl sites for hydroxylation is 2. The molecule has 0 aliphatic carbocycles. The molecule has 0 bridgehead atoms. The Morgan fingerprint density at radius 3 is 2.65 bits per heavy atom. The van der Waals surface area contributed by atoms with Crippen LogP contribution in [0.25, 0.3) is 10.4 Å². The van der Waals surface area contributed by atoms with Gasteiger partial charge in [-0.1, -0.05) is 32.9 Å². The summed E-state index contributed by atoms with van der Waals surface area (Å²) in [7, 11) is 0. The quantitative estimate of drug-likeness (QED) is 0.629. The van der Waals surface area contributed by atoms with Crippen LogP contribution in [0.2, 0.25) is 0 Å². The van der Waals surface area contributed by atoms with Gasteiger partial charge in [-0.25, -0.2) is 4.98 Å². The number of β-amino-alcohol motifs (C(OH)–C–C–N with tert-alkyl or cyclic N) is 1. The van der Waals surface area contributed by atoms with Crippen molar-refractivity contribution in [2.75, 3.05) is 6.54 Å². The molecular weight excluding hydrogens is 414 g/mol. The van der Waals surface area contributed by atoms with E-state index in [4.69, 9.17) is 5.73 Å². The normalized spacial score (nSPS) is 20.1. The number of rotatable bonds is 6. The van der Waals surface area contributed by atoms with E-state index in [0.717, 1.165) is 16.1 Å². The highest BCUT2D eigenvalue weighted by atomic mass is 32.1. The number of aliphatic hydroxyl groups is 1. The van der Waals surface area contributed by atoms with Crippen molar-refractivity contribution < 1.29 is 19.8 Å². The Kier molecular flexibility index (Phi) is 6.83. The molecule has 1 unspecified atom stereocenters. The molecule has 1 saturated heterocycles. The number of carbonyl (C=O) groups is 2. The van der Waals surface area contributed by atoms with Crippen molar-refractivity contribution >= 4 is 23.0 Å². The molecule has 3 rings (SSSR count). The van der Waals surface area contributed by atoms with Crippen molar-refractivity contribution in [1.82, 2.24) is 9.88 Å². The molecule has 8 heteroatoms. The van der Waals surface area contributed by atoms with Crippen LogP contribution in [0.1, 0.15) is 44.9 Å². The standard InChI is InChI=1S/C23H31N3O4S/c1-13-20(31-12-25-13)15-6-5-14(19(29)9-15)7-8-18(28)17-10-16(27)11-26(17)22(30)21(24)23(2,3)4/h5-6,9,12,16-17,21,27,29H,7-8,10-11,24H2,1-4H3/t16-,17?,21-/m1/s1. The number of nitrogens with two attached hydrogens (primary N) is 1. The fraction of sp³-hybridized carbons (Fsp3) is 0.522. The highest BCUT2D eigenvalue weighted by Crippen LogP contribution is 2.32. The zero-order valence-electron chi connectivity index (χ0n) is 18.5. The van der Waals surface area contributed by atoms with E-state index >= 15 is 0 Å². The molecule has 3 atom stereocenters. The number of ketones is 1. The van der Waals surface area contributed by atoms with Gasteiger partial charge in [0.1, 0.15) is 5.75 Å². The third-order valence-corrected chi connectivity index (χ3v) is 6.84. The minimum absolute atomic E-state index is 0.118. The topological polar surface area (TPSA) is 117 Å². The largest absolute Gasteiger partial charge is 0.508 e. The van der Waals surface area contributed by atoms with Gasteiger partial charge >= 0.3 is 0 Å². The second-order valence-electron chi connectivity index (χ2n) is 9.32. The van der Waals surface area contributed by atoms with Gasteiger partial charge in [0, 0.05) is 19.4 Å². The number of amides is 1. The van der Waals surface area contributed by atoms with E-state index in [1.54, 1.807) is 11.6 Å². The van der Waals surface area contributed by atoms with Crippen molar-refractivity contribution in [3.63, 3.8) is 0 Å². The first-order valence-corrected chi connectivity index (χ1v) is 11.4. The molecule has 0 spiro atoms. The number of benzene rings is 1. The van der Waals surface area contributed by atoms with Crippen LogP contribution < -0.4 is 5.73 Å². The van der Waals surface area contributed by atoms with E-state index in [-0.39, 0.29) is 36.8 Å².